The third kappa shape index (κ3) is 9.17. The molecular formula is C14H31NO. The fourth-order valence-corrected chi connectivity index (χ4v) is 1.70. The standard InChI is InChI=1S/C14H31NO/c1-6-7-8-9-10-13(2)15-12-11-14(3,4)16-5/h13,15H,6-12H2,1-5H3. The first-order valence-electron chi connectivity index (χ1n) is 6.80. The van der Waals surface area contributed by atoms with Crippen LogP contribution in [0, 0.1) is 0 Å². The van der Waals surface area contributed by atoms with Crippen LogP contribution in [0.15, 0.2) is 0 Å². The molecule has 0 amide bonds. The van der Waals surface area contributed by atoms with Crippen molar-refractivity contribution in [2.75, 3.05) is 13.7 Å². The minimum atomic E-state index is 0.00886. The van der Waals surface area contributed by atoms with Crippen LogP contribution in [-0.2, 0) is 4.74 Å². The van der Waals surface area contributed by atoms with E-state index in [1.165, 1.54) is 32.1 Å². The summed E-state index contributed by atoms with van der Waals surface area (Å²) in [5, 5.41) is 3.57. The maximum atomic E-state index is 5.39. The molecule has 16 heavy (non-hydrogen) atoms. The summed E-state index contributed by atoms with van der Waals surface area (Å²) in [4.78, 5) is 0. The largest absolute Gasteiger partial charge is 0.379 e. The van der Waals surface area contributed by atoms with Crippen molar-refractivity contribution in [1.29, 1.82) is 0 Å². The lowest BCUT2D eigenvalue weighted by Crippen LogP contribution is -2.33. The first kappa shape index (κ1) is 15.9. The minimum Gasteiger partial charge on any atom is -0.379 e. The van der Waals surface area contributed by atoms with Crippen molar-refractivity contribution < 1.29 is 4.74 Å². The Morgan fingerprint density at radius 3 is 2.44 bits per heavy atom. The quantitative estimate of drug-likeness (QED) is 0.576. The minimum absolute atomic E-state index is 0.00886. The third-order valence-corrected chi connectivity index (χ3v) is 3.26. The van der Waals surface area contributed by atoms with Crippen LogP contribution < -0.4 is 5.32 Å². The van der Waals surface area contributed by atoms with Crippen LogP contribution in [0.2, 0.25) is 0 Å². The smallest absolute Gasteiger partial charge is 0.0634 e. The summed E-state index contributed by atoms with van der Waals surface area (Å²) in [5.41, 5.74) is 0.00886. The number of methoxy groups -OCH3 is 1. The predicted molar refractivity (Wildman–Crippen MR) is 71.9 cm³/mol. The van der Waals surface area contributed by atoms with Gasteiger partial charge in [-0.25, -0.2) is 0 Å². The van der Waals surface area contributed by atoms with Gasteiger partial charge in [0, 0.05) is 13.2 Å². The second-order valence-electron chi connectivity index (χ2n) is 5.42. The van der Waals surface area contributed by atoms with Gasteiger partial charge in [0.2, 0.25) is 0 Å². The van der Waals surface area contributed by atoms with Gasteiger partial charge in [0.05, 0.1) is 5.60 Å². The van der Waals surface area contributed by atoms with Crippen molar-refractivity contribution in [1.82, 2.24) is 5.32 Å². The molecule has 2 nitrogen and oxygen atoms in total. The number of hydrogen-bond donors (Lipinski definition) is 1. The van der Waals surface area contributed by atoms with Crippen molar-refractivity contribution >= 4 is 0 Å². The topological polar surface area (TPSA) is 21.3 Å². The number of unbranched alkanes of at least 4 members (excludes halogenated alkanes) is 3. The highest BCUT2D eigenvalue weighted by molar-refractivity contribution is 4.70. The first-order valence-corrected chi connectivity index (χ1v) is 6.80. The summed E-state index contributed by atoms with van der Waals surface area (Å²) in [7, 11) is 1.79. The molecule has 0 saturated carbocycles. The Labute approximate surface area is 102 Å². The van der Waals surface area contributed by atoms with Crippen molar-refractivity contribution in [3.63, 3.8) is 0 Å². The number of hydrogen-bond acceptors (Lipinski definition) is 2. The normalized spacial score (nSPS) is 14.1. The Balaban J connectivity index is 3.40. The fourth-order valence-electron chi connectivity index (χ4n) is 1.70. The molecule has 98 valence electrons. The highest BCUT2D eigenvalue weighted by Crippen LogP contribution is 2.12. The molecule has 0 heterocycles. The first-order chi connectivity index (χ1) is 7.52. The molecule has 0 aliphatic carbocycles. The van der Waals surface area contributed by atoms with Crippen LogP contribution >= 0.6 is 0 Å². The van der Waals surface area contributed by atoms with Crippen LogP contribution in [0.5, 0.6) is 0 Å². The number of nitrogens with one attached hydrogen (secondary N) is 1. The Hall–Kier alpha value is -0.0800. The molecule has 0 saturated heterocycles. The average molecular weight is 229 g/mol. The molecule has 0 fully saturated rings. The van der Waals surface area contributed by atoms with E-state index in [9.17, 15) is 0 Å². The zero-order valence-electron chi connectivity index (χ0n) is 11.9. The molecule has 1 N–H and O–H groups in total. The third-order valence-electron chi connectivity index (χ3n) is 3.26. The zero-order chi connectivity index (χ0) is 12.4. The Morgan fingerprint density at radius 1 is 1.19 bits per heavy atom. The van der Waals surface area contributed by atoms with Gasteiger partial charge in [-0.05, 0) is 40.2 Å². The van der Waals surface area contributed by atoms with E-state index in [2.05, 4.69) is 33.0 Å². The molecular weight excluding hydrogens is 198 g/mol. The van der Waals surface area contributed by atoms with E-state index in [1.807, 2.05) is 0 Å². The SMILES string of the molecule is CCCCCCC(C)NCCC(C)(C)OC. The van der Waals surface area contributed by atoms with Gasteiger partial charge >= 0.3 is 0 Å². The summed E-state index contributed by atoms with van der Waals surface area (Å²) in [6.45, 7) is 9.87. The average Bonchev–Trinajstić information content (AvgIpc) is 2.24. The van der Waals surface area contributed by atoms with E-state index in [1.54, 1.807) is 7.11 Å². The van der Waals surface area contributed by atoms with Gasteiger partial charge in [0.25, 0.3) is 0 Å². The lowest BCUT2D eigenvalue weighted by molar-refractivity contribution is 0.0154. The second-order valence-corrected chi connectivity index (χ2v) is 5.42. The molecule has 1 unspecified atom stereocenters. The van der Waals surface area contributed by atoms with Crippen molar-refractivity contribution in [3.8, 4) is 0 Å². The van der Waals surface area contributed by atoms with Gasteiger partial charge < -0.3 is 10.1 Å². The Morgan fingerprint density at radius 2 is 1.88 bits per heavy atom. The van der Waals surface area contributed by atoms with Gasteiger partial charge in [0.15, 0.2) is 0 Å². The van der Waals surface area contributed by atoms with Crippen LogP contribution in [0.3, 0.4) is 0 Å². The maximum absolute atomic E-state index is 5.39. The number of rotatable bonds is 10. The highest BCUT2D eigenvalue weighted by Gasteiger charge is 2.15. The second kappa shape index (κ2) is 9.00. The van der Waals surface area contributed by atoms with Crippen LogP contribution in [-0.4, -0.2) is 25.3 Å². The molecule has 0 aromatic rings. The Bertz CT molecular complexity index is 157. The van der Waals surface area contributed by atoms with E-state index in [0.717, 1.165) is 13.0 Å². The van der Waals surface area contributed by atoms with Gasteiger partial charge in [-0.1, -0.05) is 32.6 Å². The van der Waals surface area contributed by atoms with Crippen molar-refractivity contribution in [2.45, 2.75) is 77.9 Å². The van der Waals surface area contributed by atoms with Gasteiger partial charge in [0.1, 0.15) is 0 Å². The van der Waals surface area contributed by atoms with Gasteiger partial charge in [-0.15, -0.1) is 0 Å². The predicted octanol–water partition coefficient (Wildman–Crippen LogP) is 3.75. The Kier molecular flexibility index (Phi) is 8.96. The van der Waals surface area contributed by atoms with Crippen LogP contribution in [0.1, 0.15) is 66.2 Å². The van der Waals surface area contributed by atoms with E-state index in [-0.39, 0.29) is 5.60 Å². The summed E-state index contributed by atoms with van der Waals surface area (Å²) >= 11 is 0. The molecule has 0 aromatic carbocycles. The molecule has 0 radical (unpaired) electrons. The molecule has 0 bridgehead atoms. The maximum Gasteiger partial charge on any atom is 0.0634 e. The molecule has 1 atom stereocenters. The summed E-state index contributed by atoms with van der Waals surface area (Å²) in [6.07, 6.45) is 7.81. The molecule has 0 aliphatic rings. The molecule has 2 heteroatoms. The summed E-state index contributed by atoms with van der Waals surface area (Å²) < 4.78 is 5.39. The van der Waals surface area contributed by atoms with E-state index in [0.29, 0.717) is 6.04 Å². The summed E-state index contributed by atoms with van der Waals surface area (Å²) in [6, 6.07) is 0.643. The lowest BCUT2D eigenvalue weighted by atomic mass is 10.0. The van der Waals surface area contributed by atoms with Gasteiger partial charge in [-0.3, -0.25) is 0 Å². The zero-order valence-corrected chi connectivity index (χ0v) is 11.9. The van der Waals surface area contributed by atoms with Gasteiger partial charge in [-0.2, -0.15) is 0 Å². The van der Waals surface area contributed by atoms with E-state index in [4.69, 9.17) is 4.74 Å². The van der Waals surface area contributed by atoms with E-state index >= 15 is 0 Å². The number of ether oxygens (including phenoxy) is 1. The molecule has 0 aliphatic heterocycles. The molecule has 0 rings (SSSR count). The van der Waals surface area contributed by atoms with Crippen LogP contribution in [0.25, 0.3) is 0 Å². The molecule has 0 spiro atoms. The monoisotopic (exact) mass is 229 g/mol. The van der Waals surface area contributed by atoms with Crippen molar-refractivity contribution in [3.05, 3.63) is 0 Å². The lowest BCUT2D eigenvalue weighted by Gasteiger charge is -2.24. The van der Waals surface area contributed by atoms with Crippen molar-refractivity contribution in [2.24, 2.45) is 0 Å². The van der Waals surface area contributed by atoms with E-state index < -0.39 is 0 Å². The molecule has 0 aromatic heterocycles. The summed E-state index contributed by atoms with van der Waals surface area (Å²) in [5.74, 6) is 0. The highest BCUT2D eigenvalue weighted by atomic mass is 16.5. The fraction of sp³-hybridized carbons (Fsp3) is 1.00. The van der Waals surface area contributed by atoms with Crippen LogP contribution in [0.4, 0.5) is 0 Å².